The van der Waals surface area contributed by atoms with E-state index in [0.717, 1.165) is 25.2 Å². The van der Waals surface area contributed by atoms with Crippen LogP contribution in [0.2, 0.25) is 0 Å². The van der Waals surface area contributed by atoms with Crippen molar-refractivity contribution in [3.63, 3.8) is 0 Å². The molecule has 0 bridgehead atoms. The maximum atomic E-state index is 12.7. The zero-order valence-electron chi connectivity index (χ0n) is 14.8. The number of benzene rings is 1. The zero-order chi connectivity index (χ0) is 18.0. The van der Waals surface area contributed by atoms with E-state index in [1.165, 1.54) is 13.3 Å². The summed E-state index contributed by atoms with van der Waals surface area (Å²) in [5, 5.41) is 2.70. The minimum Gasteiger partial charge on any atom is -0.342 e. The van der Waals surface area contributed by atoms with Crippen LogP contribution in [0.1, 0.15) is 33.1 Å². The Morgan fingerprint density at radius 2 is 1.88 bits per heavy atom. The number of amides is 3. The topological polar surface area (TPSA) is 69.7 Å². The van der Waals surface area contributed by atoms with Gasteiger partial charge in [-0.1, -0.05) is 6.92 Å². The Morgan fingerprint density at radius 1 is 1.16 bits per heavy atom. The van der Waals surface area contributed by atoms with Crippen LogP contribution in [-0.2, 0) is 14.4 Å². The van der Waals surface area contributed by atoms with E-state index in [1.54, 1.807) is 29.2 Å². The molecule has 3 rings (SSSR count). The molecule has 2 unspecified atom stereocenters. The highest BCUT2D eigenvalue weighted by atomic mass is 16.2. The second-order valence-electron chi connectivity index (χ2n) is 7.17. The van der Waals surface area contributed by atoms with E-state index in [-0.39, 0.29) is 30.1 Å². The largest absolute Gasteiger partial charge is 0.342 e. The molecule has 1 aromatic rings. The molecule has 6 heteroatoms. The Morgan fingerprint density at radius 3 is 2.52 bits per heavy atom. The molecule has 25 heavy (non-hydrogen) atoms. The molecule has 2 saturated heterocycles. The van der Waals surface area contributed by atoms with E-state index in [4.69, 9.17) is 0 Å². The van der Waals surface area contributed by atoms with Gasteiger partial charge < -0.3 is 15.1 Å². The minimum absolute atomic E-state index is 0.0179. The fourth-order valence-electron chi connectivity index (χ4n) is 3.70. The van der Waals surface area contributed by atoms with E-state index in [0.29, 0.717) is 18.2 Å². The van der Waals surface area contributed by atoms with Gasteiger partial charge in [-0.2, -0.15) is 0 Å². The molecule has 134 valence electrons. The lowest BCUT2D eigenvalue weighted by Gasteiger charge is -2.32. The molecule has 2 atom stereocenters. The summed E-state index contributed by atoms with van der Waals surface area (Å²) >= 11 is 0. The third-order valence-corrected chi connectivity index (χ3v) is 4.94. The number of carbonyl (C=O) groups excluding carboxylic acids is 3. The standard InChI is InChI=1S/C19H25N3O3/c1-13-4-3-9-21(11-13)19(25)15-10-18(24)22(12-15)17-7-5-16(6-8-17)20-14(2)23/h5-8,13,15H,3-4,9-12H2,1-2H3,(H,20,23). The van der Waals surface area contributed by atoms with Crippen molar-refractivity contribution in [3.05, 3.63) is 24.3 Å². The zero-order valence-corrected chi connectivity index (χ0v) is 14.8. The molecule has 2 aliphatic rings. The molecule has 6 nitrogen and oxygen atoms in total. The summed E-state index contributed by atoms with van der Waals surface area (Å²) in [6.45, 7) is 5.66. The molecule has 2 aliphatic heterocycles. The molecule has 2 fully saturated rings. The van der Waals surface area contributed by atoms with E-state index >= 15 is 0 Å². The van der Waals surface area contributed by atoms with Crippen LogP contribution in [0.25, 0.3) is 0 Å². The second kappa shape index (κ2) is 7.25. The van der Waals surface area contributed by atoms with Gasteiger partial charge >= 0.3 is 0 Å². The van der Waals surface area contributed by atoms with Crippen molar-refractivity contribution in [3.8, 4) is 0 Å². The smallest absolute Gasteiger partial charge is 0.228 e. The van der Waals surface area contributed by atoms with Crippen molar-refractivity contribution < 1.29 is 14.4 Å². The highest BCUT2D eigenvalue weighted by Crippen LogP contribution is 2.28. The highest BCUT2D eigenvalue weighted by Gasteiger charge is 2.37. The van der Waals surface area contributed by atoms with Crippen LogP contribution in [0, 0.1) is 11.8 Å². The first-order valence-corrected chi connectivity index (χ1v) is 8.91. The molecule has 0 saturated carbocycles. The maximum Gasteiger partial charge on any atom is 0.228 e. The first-order chi connectivity index (χ1) is 11.9. The predicted octanol–water partition coefficient (Wildman–Crippen LogP) is 2.26. The predicted molar refractivity (Wildman–Crippen MR) is 96.2 cm³/mol. The molecule has 1 aromatic carbocycles. The summed E-state index contributed by atoms with van der Waals surface area (Å²) in [4.78, 5) is 39.8. The molecule has 2 heterocycles. The molecular formula is C19H25N3O3. The van der Waals surface area contributed by atoms with Crippen molar-refractivity contribution in [2.24, 2.45) is 11.8 Å². The number of anilines is 2. The van der Waals surface area contributed by atoms with Gasteiger partial charge in [0.25, 0.3) is 0 Å². The van der Waals surface area contributed by atoms with Crippen molar-refractivity contribution in [2.45, 2.75) is 33.1 Å². The van der Waals surface area contributed by atoms with E-state index < -0.39 is 0 Å². The van der Waals surface area contributed by atoms with Crippen LogP contribution < -0.4 is 10.2 Å². The average molecular weight is 343 g/mol. The summed E-state index contributed by atoms with van der Waals surface area (Å²) in [5.74, 6) is 0.236. The number of hydrogen-bond donors (Lipinski definition) is 1. The lowest BCUT2D eigenvalue weighted by atomic mass is 9.98. The van der Waals surface area contributed by atoms with Gasteiger partial charge in [-0.3, -0.25) is 14.4 Å². The van der Waals surface area contributed by atoms with Gasteiger partial charge in [0.1, 0.15) is 0 Å². The van der Waals surface area contributed by atoms with Crippen molar-refractivity contribution >= 4 is 29.1 Å². The molecule has 0 aromatic heterocycles. The maximum absolute atomic E-state index is 12.7. The summed E-state index contributed by atoms with van der Waals surface area (Å²) < 4.78 is 0. The van der Waals surface area contributed by atoms with Gasteiger partial charge in [0.2, 0.25) is 17.7 Å². The summed E-state index contributed by atoms with van der Waals surface area (Å²) in [6, 6.07) is 7.15. The van der Waals surface area contributed by atoms with E-state index in [2.05, 4.69) is 12.2 Å². The number of piperidine rings is 1. The van der Waals surface area contributed by atoms with Crippen molar-refractivity contribution in [1.29, 1.82) is 0 Å². The van der Waals surface area contributed by atoms with E-state index in [1.807, 2.05) is 4.90 Å². The first kappa shape index (κ1) is 17.5. The molecule has 3 amide bonds. The van der Waals surface area contributed by atoms with Crippen LogP contribution in [0.15, 0.2) is 24.3 Å². The SMILES string of the molecule is CC(=O)Nc1ccc(N2CC(C(=O)N3CCCC(C)C3)CC2=O)cc1. The third-order valence-electron chi connectivity index (χ3n) is 4.94. The van der Waals surface area contributed by atoms with Crippen molar-refractivity contribution in [2.75, 3.05) is 29.9 Å². The van der Waals surface area contributed by atoms with Crippen LogP contribution >= 0.6 is 0 Å². The van der Waals surface area contributed by atoms with Gasteiger partial charge in [-0.25, -0.2) is 0 Å². The van der Waals surface area contributed by atoms with Crippen molar-refractivity contribution in [1.82, 2.24) is 4.90 Å². The number of nitrogens with one attached hydrogen (secondary N) is 1. The van der Waals surface area contributed by atoms with Crippen LogP contribution in [0.5, 0.6) is 0 Å². The monoisotopic (exact) mass is 343 g/mol. The van der Waals surface area contributed by atoms with E-state index in [9.17, 15) is 14.4 Å². The van der Waals surface area contributed by atoms with Gasteiger partial charge in [-0.15, -0.1) is 0 Å². The molecular weight excluding hydrogens is 318 g/mol. The fraction of sp³-hybridized carbons (Fsp3) is 0.526. The van der Waals surface area contributed by atoms with Crippen LogP contribution in [0.3, 0.4) is 0 Å². The first-order valence-electron chi connectivity index (χ1n) is 8.91. The lowest BCUT2D eigenvalue weighted by Crippen LogP contribution is -2.43. The lowest BCUT2D eigenvalue weighted by molar-refractivity contribution is -0.137. The average Bonchev–Trinajstić information content (AvgIpc) is 2.96. The molecule has 0 radical (unpaired) electrons. The number of rotatable bonds is 3. The third kappa shape index (κ3) is 4.00. The molecule has 0 spiro atoms. The van der Waals surface area contributed by atoms with Crippen LogP contribution in [0.4, 0.5) is 11.4 Å². The normalized spacial score (nSPS) is 23.7. The second-order valence-corrected chi connectivity index (χ2v) is 7.17. The quantitative estimate of drug-likeness (QED) is 0.915. The number of nitrogens with zero attached hydrogens (tertiary/aromatic N) is 2. The number of likely N-dealkylation sites (tertiary alicyclic amines) is 1. The molecule has 1 N–H and O–H groups in total. The van der Waals surface area contributed by atoms with Gasteiger partial charge in [0, 0.05) is 44.4 Å². The molecule has 0 aliphatic carbocycles. The Bertz CT molecular complexity index is 671. The fourth-order valence-corrected chi connectivity index (χ4v) is 3.70. The van der Waals surface area contributed by atoms with Gasteiger partial charge in [0.15, 0.2) is 0 Å². The Labute approximate surface area is 148 Å². The highest BCUT2D eigenvalue weighted by molar-refractivity contribution is 6.00. The minimum atomic E-state index is -0.257. The Hall–Kier alpha value is -2.37. The summed E-state index contributed by atoms with van der Waals surface area (Å²) in [7, 11) is 0. The Kier molecular flexibility index (Phi) is 5.06. The Balaban J connectivity index is 1.65. The number of hydrogen-bond acceptors (Lipinski definition) is 3. The number of carbonyl (C=O) groups is 3. The summed E-state index contributed by atoms with van der Waals surface area (Å²) in [6.07, 6.45) is 2.49. The van der Waals surface area contributed by atoms with Gasteiger partial charge in [-0.05, 0) is 43.0 Å². The summed E-state index contributed by atoms with van der Waals surface area (Å²) in [5.41, 5.74) is 1.46. The van der Waals surface area contributed by atoms with Gasteiger partial charge in [0.05, 0.1) is 5.92 Å². The van der Waals surface area contributed by atoms with Crippen LogP contribution in [-0.4, -0.2) is 42.3 Å².